The molecule has 1 aromatic rings. The molecule has 15 heavy (non-hydrogen) atoms. The van der Waals surface area contributed by atoms with Gasteiger partial charge in [-0.2, -0.15) is 0 Å². The Morgan fingerprint density at radius 3 is 2.33 bits per heavy atom. The predicted molar refractivity (Wildman–Crippen MR) is 66.2 cm³/mol. The van der Waals surface area contributed by atoms with Gasteiger partial charge in [-0.15, -0.1) is 0 Å². The summed E-state index contributed by atoms with van der Waals surface area (Å²) in [5, 5.41) is 0. The Hall–Kier alpha value is -0.980. The van der Waals surface area contributed by atoms with Crippen molar-refractivity contribution >= 4 is 5.69 Å². The largest absolute Gasteiger partial charge is 0.399 e. The van der Waals surface area contributed by atoms with E-state index in [4.69, 9.17) is 5.73 Å². The summed E-state index contributed by atoms with van der Waals surface area (Å²) < 4.78 is 0. The van der Waals surface area contributed by atoms with Crippen molar-refractivity contribution in [3.05, 3.63) is 28.8 Å². The fourth-order valence-electron chi connectivity index (χ4n) is 2.72. The summed E-state index contributed by atoms with van der Waals surface area (Å²) in [7, 11) is 0. The number of hydrogen-bond acceptors (Lipinski definition) is 1. The predicted octanol–water partition coefficient (Wildman–Crippen LogP) is 3.93. The van der Waals surface area contributed by atoms with E-state index in [-0.39, 0.29) is 0 Å². The molecule has 1 aliphatic carbocycles. The maximum Gasteiger partial charge on any atom is 0.0346 e. The molecule has 0 unspecified atom stereocenters. The zero-order valence-corrected chi connectivity index (χ0v) is 9.84. The quantitative estimate of drug-likeness (QED) is 0.687. The highest BCUT2D eigenvalue weighted by atomic mass is 14.6. The van der Waals surface area contributed by atoms with Crippen molar-refractivity contribution in [3.8, 4) is 0 Å². The first-order chi connectivity index (χ1) is 7.20. The molecular formula is C14H21N. The van der Waals surface area contributed by atoms with E-state index in [1.807, 2.05) is 0 Å². The van der Waals surface area contributed by atoms with Gasteiger partial charge in [0.25, 0.3) is 0 Å². The number of nitrogens with two attached hydrogens (primary N) is 1. The lowest BCUT2D eigenvalue weighted by atomic mass is 9.81. The normalized spacial score (nSPS) is 18.0. The maximum absolute atomic E-state index is 5.92. The minimum Gasteiger partial charge on any atom is -0.399 e. The Morgan fingerprint density at radius 2 is 1.67 bits per heavy atom. The van der Waals surface area contributed by atoms with Crippen LogP contribution in [0.25, 0.3) is 0 Å². The van der Waals surface area contributed by atoms with Crippen molar-refractivity contribution in [3.63, 3.8) is 0 Å². The molecule has 1 nitrogen and oxygen atoms in total. The van der Waals surface area contributed by atoms with Gasteiger partial charge in [-0.3, -0.25) is 0 Å². The molecule has 1 fully saturated rings. The van der Waals surface area contributed by atoms with Crippen molar-refractivity contribution in [1.29, 1.82) is 0 Å². The Bertz CT molecular complexity index is 349. The Kier molecular flexibility index (Phi) is 2.99. The van der Waals surface area contributed by atoms with Gasteiger partial charge in [-0.05, 0) is 55.4 Å². The second kappa shape index (κ2) is 4.26. The topological polar surface area (TPSA) is 26.0 Å². The molecule has 2 N–H and O–H groups in total. The molecule has 0 atom stereocenters. The molecule has 0 heterocycles. The van der Waals surface area contributed by atoms with Crippen molar-refractivity contribution in [2.45, 2.75) is 51.9 Å². The van der Waals surface area contributed by atoms with Crippen molar-refractivity contribution in [2.24, 2.45) is 0 Å². The van der Waals surface area contributed by atoms with Gasteiger partial charge >= 0.3 is 0 Å². The smallest absolute Gasteiger partial charge is 0.0346 e. The number of hydrogen-bond donors (Lipinski definition) is 1. The van der Waals surface area contributed by atoms with Crippen LogP contribution < -0.4 is 5.73 Å². The molecule has 0 aromatic heterocycles. The SMILES string of the molecule is Cc1c(N)ccc(C2CCCCC2)c1C. The van der Waals surface area contributed by atoms with E-state index in [0.29, 0.717) is 0 Å². The third-order valence-corrected chi connectivity index (χ3v) is 3.92. The van der Waals surface area contributed by atoms with E-state index >= 15 is 0 Å². The van der Waals surface area contributed by atoms with Gasteiger partial charge in [0.2, 0.25) is 0 Å². The Balaban J connectivity index is 2.31. The van der Waals surface area contributed by atoms with Crippen LogP contribution >= 0.6 is 0 Å². The van der Waals surface area contributed by atoms with Crippen molar-refractivity contribution in [1.82, 2.24) is 0 Å². The molecule has 0 aliphatic heterocycles. The first-order valence-electron chi connectivity index (χ1n) is 6.05. The van der Waals surface area contributed by atoms with Crippen LogP contribution in [0.15, 0.2) is 12.1 Å². The molecule has 1 heteroatoms. The summed E-state index contributed by atoms with van der Waals surface area (Å²) in [5.41, 5.74) is 11.1. The summed E-state index contributed by atoms with van der Waals surface area (Å²) in [5.74, 6) is 0.790. The van der Waals surface area contributed by atoms with Gasteiger partial charge in [0, 0.05) is 5.69 Å². The lowest BCUT2D eigenvalue weighted by Crippen LogP contribution is -2.07. The van der Waals surface area contributed by atoms with E-state index in [2.05, 4.69) is 26.0 Å². The molecule has 0 bridgehead atoms. The summed E-state index contributed by atoms with van der Waals surface area (Å²) >= 11 is 0. The highest BCUT2D eigenvalue weighted by Crippen LogP contribution is 2.35. The third-order valence-electron chi connectivity index (χ3n) is 3.92. The first-order valence-corrected chi connectivity index (χ1v) is 6.05. The molecule has 2 rings (SSSR count). The highest BCUT2D eigenvalue weighted by molar-refractivity contribution is 5.53. The van der Waals surface area contributed by atoms with E-state index in [1.165, 1.54) is 43.2 Å². The molecule has 0 saturated heterocycles. The summed E-state index contributed by atoms with van der Waals surface area (Å²) in [6.07, 6.45) is 6.94. The highest BCUT2D eigenvalue weighted by Gasteiger charge is 2.18. The number of anilines is 1. The van der Waals surface area contributed by atoms with E-state index in [9.17, 15) is 0 Å². The molecule has 1 saturated carbocycles. The van der Waals surface area contributed by atoms with E-state index < -0.39 is 0 Å². The minimum atomic E-state index is 0.790. The van der Waals surface area contributed by atoms with E-state index in [1.54, 1.807) is 5.56 Å². The van der Waals surface area contributed by atoms with Gasteiger partial charge in [0.15, 0.2) is 0 Å². The number of rotatable bonds is 1. The number of nitrogen functional groups attached to an aromatic ring is 1. The summed E-state index contributed by atoms with van der Waals surface area (Å²) in [4.78, 5) is 0. The second-order valence-corrected chi connectivity index (χ2v) is 4.83. The van der Waals surface area contributed by atoms with Gasteiger partial charge in [0.1, 0.15) is 0 Å². The lowest BCUT2D eigenvalue weighted by Gasteiger charge is -2.24. The average Bonchev–Trinajstić information content (AvgIpc) is 2.27. The lowest BCUT2D eigenvalue weighted by molar-refractivity contribution is 0.442. The van der Waals surface area contributed by atoms with Crippen LogP contribution in [-0.2, 0) is 0 Å². The molecular weight excluding hydrogens is 182 g/mol. The fourth-order valence-corrected chi connectivity index (χ4v) is 2.72. The zero-order valence-electron chi connectivity index (χ0n) is 9.84. The van der Waals surface area contributed by atoms with Crippen LogP contribution in [-0.4, -0.2) is 0 Å². The van der Waals surface area contributed by atoms with Crippen molar-refractivity contribution in [2.75, 3.05) is 5.73 Å². The Labute approximate surface area is 92.7 Å². The van der Waals surface area contributed by atoms with Crippen LogP contribution in [0.5, 0.6) is 0 Å². The monoisotopic (exact) mass is 203 g/mol. The van der Waals surface area contributed by atoms with Crippen LogP contribution in [0.4, 0.5) is 5.69 Å². The van der Waals surface area contributed by atoms with E-state index in [0.717, 1.165) is 11.6 Å². The summed E-state index contributed by atoms with van der Waals surface area (Å²) in [6.45, 7) is 4.35. The first kappa shape index (κ1) is 10.5. The second-order valence-electron chi connectivity index (χ2n) is 4.83. The molecule has 82 valence electrons. The zero-order chi connectivity index (χ0) is 10.8. The van der Waals surface area contributed by atoms with Gasteiger partial charge < -0.3 is 5.73 Å². The van der Waals surface area contributed by atoms with Gasteiger partial charge in [-0.1, -0.05) is 25.3 Å². The molecule has 1 aliphatic rings. The van der Waals surface area contributed by atoms with Crippen LogP contribution in [0, 0.1) is 13.8 Å². The molecule has 0 radical (unpaired) electrons. The maximum atomic E-state index is 5.92. The molecule has 0 spiro atoms. The third kappa shape index (κ3) is 2.01. The molecule has 1 aromatic carbocycles. The fraction of sp³-hybridized carbons (Fsp3) is 0.571. The average molecular weight is 203 g/mol. The van der Waals surface area contributed by atoms with Crippen molar-refractivity contribution < 1.29 is 0 Å². The molecule has 0 amide bonds. The van der Waals surface area contributed by atoms with Crippen LogP contribution in [0.3, 0.4) is 0 Å². The minimum absolute atomic E-state index is 0.790. The summed E-state index contributed by atoms with van der Waals surface area (Å²) in [6, 6.07) is 4.32. The standard InChI is InChI=1S/C14H21N/c1-10-11(2)14(15)9-8-13(10)12-6-4-3-5-7-12/h8-9,12H,3-7,15H2,1-2H3. The van der Waals surface area contributed by atoms with Gasteiger partial charge in [-0.25, -0.2) is 0 Å². The van der Waals surface area contributed by atoms with Crippen LogP contribution in [0.1, 0.15) is 54.7 Å². The van der Waals surface area contributed by atoms with Crippen LogP contribution in [0.2, 0.25) is 0 Å². The number of benzene rings is 1. The Morgan fingerprint density at radius 1 is 1.00 bits per heavy atom. The van der Waals surface area contributed by atoms with Gasteiger partial charge in [0.05, 0.1) is 0 Å².